The molecule has 3 rings (SSSR count). The highest BCUT2D eigenvalue weighted by Crippen LogP contribution is 2.34. The molecule has 0 bridgehead atoms. The molecular weight excluding hydrogens is 342 g/mol. The number of carbonyl (C=O) groups excluding carboxylic acids is 2. The minimum atomic E-state index is -0.518. The van der Waals surface area contributed by atoms with Gasteiger partial charge in [-0.3, -0.25) is 9.59 Å². The number of para-hydroxylation sites is 2. The fourth-order valence-electron chi connectivity index (χ4n) is 2.63. The summed E-state index contributed by atoms with van der Waals surface area (Å²) in [5.41, 5.74) is 0.689. The Labute approximate surface area is 150 Å². The quantitative estimate of drug-likeness (QED) is 0.889. The van der Waals surface area contributed by atoms with Gasteiger partial charge in [-0.2, -0.15) is 0 Å². The minimum absolute atomic E-state index is 0.126. The molecule has 0 spiro atoms. The van der Waals surface area contributed by atoms with E-state index in [0.29, 0.717) is 28.7 Å². The molecule has 2 amide bonds. The molecule has 6 nitrogen and oxygen atoms in total. The first-order valence-electron chi connectivity index (χ1n) is 8.07. The van der Waals surface area contributed by atoms with Gasteiger partial charge in [0.2, 0.25) is 5.91 Å². The third kappa shape index (κ3) is 3.91. The molecule has 1 aromatic carbocycles. The summed E-state index contributed by atoms with van der Waals surface area (Å²) in [6.07, 6.45) is 1.67. The first-order chi connectivity index (χ1) is 12.1. The number of anilines is 2. The average molecular weight is 360 g/mol. The van der Waals surface area contributed by atoms with E-state index in [1.54, 1.807) is 17.0 Å². The molecule has 130 valence electrons. The van der Waals surface area contributed by atoms with Gasteiger partial charge < -0.3 is 15.0 Å². The number of nitrogens with one attached hydrogen (secondary N) is 1. The Balaban J connectivity index is 1.67. The van der Waals surface area contributed by atoms with Crippen LogP contribution in [-0.2, 0) is 9.59 Å². The SMILES string of the molecule is CCC1Oc2ccccc2N(CCC(=O)Nc2ccc(Cl)cn2)C1=O. The number of pyridine rings is 1. The first-order valence-corrected chi connectivity index (χ1v) is 8.44. The van der Waals surface area contributed by atoms with Crippen molar-refractivity contribution >= 4 is 34.9 Å². The highest BCUT2D eigenvalue weighted by atomic mass is 35.5. The van der Waals surface area contributed by atoms with Crippen molar-refractivity contribution < 1.29 is 14.3 Å². The Hall–Kier alpha value is -2.60. The average Bonchev–Trinajstić information content (AvgIpc) is 2.62. The third-order valence-electron chi connectivity index (χ3n) is 3.89. The van der Waals surface area contributed by atoms with Gasteiger partial charge in [0.15, 0.2) is 6.10 Å². The second kappa shape index (κ2) is 7.53. The van der Waals surface area contributed by atoms with E-state index < -0.39 is 6.10 Å². The predicted octanol–water partition coefficient (Wildman–Crippen LogP) is 3.27. The van der Waals surface area contributed by atoms with Gasteiger partial charge in [-0.15, -0.1) is 0 Å². The summed E-state index contributed by atoms with van der Waals surface area (Å²) in [7, 11) is 0. The molecule has 1 atom stereocenters. The van der Waals surface area contributed by atoms with Gasteiger partial charge in [-0.05, 0) is 30.7 Å². The van der Waals surface area contributed by atoms with E-state index in [1.807, 2.05) is 31.2 Å². The first kappa shape index (κ1) is 17.2. The zero-order valence-electron chi connectivity index (χ0n) is 13.7. The summed E-state index contributed by atoms with van der Waals surface area (Å²) >= 11 is 5.77. The van der Waals surface area contributed by atoms with E-state index in [4.69, 9.17) is 16.3 Å². The number of amides is 2. The maximum atomic E-state index is 12.6. The van der Waals surface area contributed by atoms with Gasteiger partial charge in [0.1, 0.15) is 11.6 Å². The molecule has 1 unspecified atom stereocenters. The number of hydrogen-bond donors (Lipinski definition) is 1. The molecule has 25 heavy (non-hydrogen) atoms. The van der Waals surface area contributed by atoms with Crippen molar-refractivity contribution in [3.63, 3.8) is 0 Å². The maximum Gasteiger partial charge on any atom is 0.268 e. The smallest absolute Gasteiger partial charge is 0.268 e. The number of aromatic nitrogens is 1. The van der Waals surface area contributed by atoms with Crippen molar-refractivity contribution in [1.82, 2.24) is 4.98 Å². The zero-order valence-corrected chi connectivity index (χ0v) is 14.5. The number of halogens is 1. The summed E-state index contributed by atoms with van der Waals surface area (Å²) in [5, 5.41) is 3.19. The van der Waals surface area contributed by atoms with Crippen LogP contribution in [0.15, 0.2) is 42.6 Å². The summed E-state index contributed by atoms with van der Waals surface area (Å²) in [5.74, 6) is 0.738. The van der Waals surface area contributed by atoms with Gasteiger partial charge >= 0.3 is 0 Å². The van der Waals surface area contributed by atoms with Crippen LogP contribution in [0.25, 0.3) is 0 Å². The number of fused-ring (bicyclic) bond motifs is 1. The number of rotatable bonds is 5. The van der Waals surface area contributed by atoms with Crippen molar-refractivity contribution in [2.24, 2.45) is 0 Å². The van der Waals surface area contributed by atoms with Crippen molar-refractivity contribution in [2.75, 3.05) is 16.8 Å². The van der Waals surface area contributed by atoms with Gasteiger partial charge in [-0.25, -0.2) is 4.98 Å². The molecule has 0 fully saturated rings. The number of carbonyl (C=O) groups is 2. The van der Waals surface area contributed by atoms with Crippen LogP contribution in [0.4, 0.5) is 11.5 Å². The molecule has 0 aliphatic carbocycles. The number of ether oxygens (including phenoxy) is 1. The molecule has 7 heteroatoms. The van der Waals surface area contributed by atoms with Crippen LogP contribution in [0.2, 0.25) is 5.02 Å². The Morgan fingerprint density at radius 3 is 2.84 bits per heavy atom. The van der Waals surface area contributed by atoms with Crippen molar-refractivity contribution in [3.8, 4) is 5.75 Å². The summed E-state index contributed by atoms with van der Waals surface area (Å²) in [6, 6.07) is 10.6. The molecule has 1 aliphatic heterocycles. The van der Waals surface area contributed by atoms with Crippen molar-refractivity contribution in [1.29, 1.82) is 0 Å². The number of hydrogen-bond acceptors (Lipinski definition) is 4. The summed E-state index contributed by atoms with van der Waals surface area (Å²) < 4.78 is 5.72. The second-order valence-corrected chi connectivity index (χ2v) is 6.07. The van der Waals surface area contributed by atoms with E-state index in [2.05, 4.69) is 10.3 Å². The number of benzene rings is 1. The lowest BCUT2D eigenvalue weighted by molar-refractivity contribution is -0.126. The van der Waals surface area contributed by atoms with Crippen molar-refractivity contribution in [2.45, 2.75) is 25.9 Å². The number of nitrogens with zero attached hydrogens (tertiary/aromatic N) is 2. The molecule has 0 radical (unpaired) electrons. The lowest BCUT2D eigenvalue weighted by atomic mass is 10.1. The normalized spacial score (nSPS) is 16.2. The van der Waals surface area contributed by atoms with Gasteiger partial charge in [-0.1, -0.05) is 30.7 Å². The highest BCUT2D eigenvalue weighted by Gasteiger charge is 2.33. The molecule has 1 N–H and O–H groups in total. The predicted molar refractivity (Wildman–Crippen MR) is 96.0 cm³/mol. The lowest BCUT2D eigenvalue weighted by Gasteiger charge is -2.33. The summed E-state index contributed by atoms with van der Waals surface area (Å²) in [4.78, 5) is 30.4. The monoisotopic (exact) mass is 359 g/mol. The fraction of sp³-hybridized carbons (Fsp3) is 0.278. The minimum Gasteiger partial charge on any atom is -0.478 e. The molecule has 2 aromatic rings. The molecule has 2 heterocycles. The standard InChI is InChI=1S/C18H18ClN3O3/c1-2-14-18(24)22(13-5-3-4-6-15(13)25-14)10-9-17(23)21-16-8-7-12(19)11-20-16/h3-8,11,14H,2,9-10H2,1H3,(H,20,21,23). The van der Waals surface area contributed by atoms with Crippen LogP contribution >= 0.6 is 11.6 Å². The highest BCUT2D eigenvalue weighted by molar-refractivity contribution is 6.30. The molecule has 1 aromatic heterocycles. The van der Waals surface area contributed by atoms with E-state index >= 15 is 0 Å². The topological polar surface area (TPSA) is 71.5 Å². The second-order valence-electron chi connectivity index (χ2n) is 5.63. The van der Waals surface area contributed by atoms with Crippen LogP contribution in [0.5, 0.6) is 5.75 Å². The fourth-order valence-corrected chi connectivity index (χ4v) is 2.74. The maximum absolute atomic E-state index is 12.6. The molecular formula is C18H18ClN3O3. The molecule has 1 aliphatic rings. The van der Waals surface area contributed by atoms with Crippen LogP contribution in [-0.4, -0.2) is 29.4 Å². The van der Waals surface area contributed by atoms with Crippen LogP contribution in [0.1, 0.15) is 19.8 Å². The van der Waals surface area contributed by atoms with E-state index in [1.165, 1.54) is 6.20 Å². The Kier molecular flexibility index (Phi) is 5.19. The van der Waals surface area contributed by atoms with Gasteiger partial charge in [0, 0.05) is 19.2 Å². The van der Waals surface area contributed by atoms with Crippen LogP contribution in [0.3, 0.4) is 0 Å². The Bertz CT molecular complexity index is 779. The van der Waals surface area contributed by atoms with Gasteiger partial charge in [0.25, 0.3) is 5.91 Å². The van der Waals surface area contributed by atoms with E-state index in [9.17, 15) is 9.59 Å². The van der Waals surface area contributed by atoms with Crippen LogP contribution in [0, 0.1) is 0 Å². The van der Waals surface area contributed by atoms with E-state index in [-0.39, 0.29) is 24.8 Å². The Morgan fingerprint density at radius 2 is 2.12 bits per heavy atom. The largest absolute Gasteiger partial charge is 0.478 e. The zero-order chi connectivity index (χ0) is 17.8. The summed E-state index contributed by atoms with van der Waals surface area (Å²) in [6.45, 7) is 2.17. The van der Waals surface area contributed by atoms with Crippen LogP contribution < -0.4 is 15.0 Å². The third-order valence-corrected chi connectivity index (χ3v) is 4.12. The Morgan fingerprint density at radius 1 is 1.32 bits per heavy atom. The molecule has 0 saturated carbocycles. The molecule has 0 saturated heterocycles. The van der Waals surface area contributed by atoms with E-state index in [0.717, 1.165) is 0 Å². The van der Waals surface area contributed by atoms with Crippen molar-refractivity contribution in [3.05, 3.63) is 47.6 Å². The van der Waals surface area contributed by atoms with Gasteiger partial charge in [0.05, 0.1) is 10.7 Å². The lowest BCUT2D eigenvalue weighted by Crippen LogP contribution is -2.46.